The summed E-state index contributed by atoms with van der Waals surface area (Å²) >= 11 is 0. The largest absolute Gasteiger partial charge is 0.405 e. The first kappa shape index (κ1) is 22.2. The number of oxime groups is 1. The van der Waals surface area contributed by atoms with E-state index in [1.165, 1.54) is 6.92 Å². The van der Waals surface area contributed by atoms with Crippen LogP contribution >= 0.6 is 0 Å². The first-order valence-electron chi connectivity index (χ1n) is 6.26. The molecule has 2 amide bonds. The van der Waals surface area contributed by atoms with Crippen molar-refractivity contribution in [1.29, 1.82) is 0 Å². The summed E-state index contributed by atoms with van der Waals surface area (Å²) in [6.45, 7) is 5.67. The van der Waals surface area contributed by atoms with Crippen molar-refractivity contribution in [1.82, 2.24) is 10.6 Å². The zero-order valence-corrected chi connectivity index (χ0v) is 12.8. The summed E-state index contributed by atoms with van der Waals surface area (Å²) in [5, 5.41) is 7.58. The van der Waals surface area contributed by atoms with Crippen molar-refractivity contribution in [2.75, 3.05) is 13.1 Å². The summed E-state index contributed by atoms with van der Waals surface area (Å²) in [6, 6.07) is 0. The van der Waals surface area contributed by atoms with Crippen molar-refractivity contribution >= 4 is 23.5 Å². The molecule has 0 aromatic heterocycles. The van der Waals surface area contributed by atoms with Gasteiger partial charge in [0, 0.05) is 20.4 Å². The van der Waals surface area contributed by atoms with Crippen LogP contribution in [0.4, 0.5) is 13.2 Å². The lowest BCUT2D eigenvalue weighted by molar-refractivity contribution is -0.140. The SMILES string of the molecule is CC(=O)NCC(F)(F)F.CC1=NOC(=O)C1.CCNC(C)=O. The fourth-order valence-electron chi connectivity index (χ4n) is 0.876. The second kappa shape index (κ2) is 11.5. The van der Waals surface area contributed by atoms with Crippen molar-refractivity contribution in [2.24, 2.45) is 5.16 Å². The van der Waals surface area contributed by atoms with Gasteiger partial charge in [-0.15, -0.1) is 0 Å². The second-order valence-electron chi connectivity index (χ2n) is 4.08. The third-order valence-electron chi connectivity index (χ3n) is 1.67. The van der Waals surface area contributed by atoms with Crippen molar-refractivity contribution < 1.29 is 32.4 Å². The molecule has 1 rings (SSSR count). The van der Waals surface area contributed by atoms with Gasteiger partial charge in [-0.05, 0) is 13.8 Å². The van der Waals surface area contributed by atoms with Crippen LogP contribution in [0.5, 0.6) is 0 Å². The van der Waals surface area contributed by atoms with E-state index >= 15 is 0 Å². The van der Waals surface area contributed by atoms with Gasteiger partial charge in [-0.3, -0.25) is 9.59 Å². The topological polar surface area (TPSA) is 96.9 Å². The zero-order chi connectivity index (χ0) is 17.8. The summed E-state index contributed by atoms with van der Waals surface area (Å²) in [7, 11) is 0. The molecular formula is C12H20F3N3O4. The number of nitrogens with one attached hydrogen (secondary N) is 2. The number of alkyl halides is 3. The minimum absolute atomic E-state index is 0.0394. The highest BCUT2D eigenvalue weighted by atomic mass is 19.4. The van der Waals surface area contributed by atoms with E-state index < -0.39 is 18.6 Å². The molecule has 0 aromatic rings. The smallest absolute Gasteiger partial charge is 0.357 e. The van der Waals surface area contributed by atoms with Crippen LogP contribution in [-0.4, -0.2) is 42.8 Å². The maximum atomic E-state index is 11.2. The van der Waals surface area contributed by atoms with Crippen molar-refractivity contribution in [3.63, 3.8) is 0 Å². The Labute approximate surface area is 126 Å². The third kappa shape index (κ3) is 20.2. The van der Waals surface area contributed by atoms with Gasteiger partial charge in [0.1, 0.15) is 6.54 Å². The number of halogens is 3. The number of rotatable bonds is 2. The molecule has 1 aliphatic rings. The fraction of sp³-hybridized carbons (Fsp3) is 0.667. The molecule has 0 fully saturated rings. The lowest BCUT2D eigenvalue weighted by Gasteiger charge is -2.04. The monoisotopic (exact) mass is 327 g/mol. The Kier molecular flexibility index (Phi) is 11.6. The standard InChI is InChI=1S/C4H6F3NO.C4H5NO2.C4H9NO/c1-3(9)8-2-4(5,6)7;1-3-2-4(6)7-5-3;1-3-5-4(2)6/h2H2,1H3,(H,8,9);2H2,1H3;3H2,1-2H3,(H,5,6). The molecule has 128 valence electrons. The lowest BCUT2D eigenvalue weighted by atomic mass is 10.3. The zero-order valence-electron chi connectivity index (χ0n) is 12.8. The fourth-order valence-corrected chi connectivity index (χ4v) is 0.876. The van der Waals surface area contributed by atoms with E-state index in [9.17, 15) is 27.6 Å². The second-order valence-corrected chi connectivity index (χ2v) is 4.08. The van der Waals surface area contributed by atoms with E-state index in [4.69, 9.17) is 0 Å². The quantitative estimate of drug-likeness (QED) is 0.743. The first-order valence-corrected chi connectivity index (χ1v) is 6.26. The molecule has 0 bridgehead atoms. The number of hydrogen-bond acceptors (Lipinski definition) is 5. The molecule has 0 unspecified atom stereocenters. The van der Waals surface area contributed by atoms with Crippen LogP contribution in [0.25, 0.3) is 0 Å². The molecule has 0 saturated heterocycles. The summed E-state index contributed by atoms with van der Waals surface area (Å²) < 4.78 is 33.6. The molecule has 1 heterocycles. The minimum atomic E-state index is -4.30. The Morgan fingerprint density at radius 2 is 1.73 bits per heavy atom. The van der Waals surface area contributed by atoms with E-state index in [0.29, 0.717) is 6.42 Å². The molecule has 10 heteroatoms. The predicted molar refractivity (Wildman–Crippen MR) is 72.9 cm³/mol. The molecule has 0 atom stereocenters. The van der Waals surface area contributed by atoms with E-state index in [2.05, 4.69) is 15.3 Å². The molecule has 0 saturated carbocycles. The Balaban J connectivity index is 0. The number of hydrogen-bond donors (Lipinski definition) is 2. The number of nitrogens with zero attached hydrogens (tertiary/aromatic N) is 1. The van der Waals surface area contributed by atoms with Crippen LogP contribution < -0.4 is 10.6 Å². The van der Waals surface area contributed by atoms with Gasteiger partial charge in [-0.2, -0.15) is 13.2 Å². The number of amides is 2. The Hall–Kier alpha value is -2.13. The minimum Gasteiger partial charge on any atom is -0.357 e. The molecule has 0 aliphatic carbocycles. The summed E-state index contributed by atoms with van der Waals surface area (Å²) in [6.07, 6.45) is -3.94. The van der Waals surface area contributed by atoms with Gasteiger partial charge in [0.15, 0.2) is 0 Å². The van der Waals surface area contributed by atoms with Gasteiger partial charge < -0.3 is 15.5 Å². The molecule has 1 aliphatic heterocycles. The number of carbonyl (C=O) groups is 3. The average Bonchev–Trinajstić information content (AvgIpc) is 2.71. The van der Waals surface area contributed by atoms with Gasteiger partial charge in [0.25, 0.3) is 0 Å². The van der Waals surface area contributed by atoms with Crippen LogP contribution in [-0.2, 0) is 19.2 Å². The summed E-state index contributed by atoms with van der Waals surface area (Å²) in [5.41, 5.74) is 0.755. The Bertz CT molecular complexity index is 409. The van der Waals surface area contributed by atoms with Crippen LogP contribution in [0.15, 0.2) is 5.16 Å². The molecular weight excluding hydrogens is 307 g/mol. The van der Waals surface area contributed by atoms with E-state index in [0.717, 1.165) is 19.2 Å². The average molecular weight is 327 g/mol. The molecule has 7 nitrogen and oxygen atoms in total. The molecule has 0 aromatic carbocycles. The lowest BCUT2D eigenvalue weighted by Crippen LogP contribution is -2.31. The highest BCUT2D eigenvalue weighted by Gasteiger charge is 2.26. The summed E-state index contributed by atoms with van der Waals surface area (Å²) in [5.74, 6) is -0.887. The van der Waals surface area contributed by atoms with Gasteiger partial charge in [-0.1, -0.05) is 5.16 Å². The van der Waals surface area contributed by atoms with E-state index in [-0.39, 0.29) is 11.9 Å². The predicted octanol–water partition coefficient (Wildman–Crippen LogP) is 1.14. The van der Waals surface area contributed by atoms with Gasteiger partial charge in [0.05, 0.1) is 12.1 Å². The van der Waals surface area contributed by atoms with Crippen LogP contribution in [0, 0.1) is 0 Å². The normalized spacial score (nSPS) is 12.7. The number of carbonyl (C=O) groups excluding carboxylic acids is 3. The highest BCUT2D eigenvalue weighted by molar-refractivity contribution is 6.00. The summed E-state index contributed by atoms with van der Waals surface area (Å²) in [4.78, 5) is 34.1. The third-order valence-corrected chi connectivity index (χ3v) is 1.67. The van der Waals surface area contributed by atoms with Crippen LogP contribution in [0.1, 0.15) is 34.1 Å². The molecule has 22 heavy (non-hydrogen) atoms. The van der Waals surface area contributed by atoms with Gasteiger partial charge >= 0.3 is 12.1 Å². The van der Waals surface area contributed by atoms with Crippen molar-refractivity contribution in [2.45, 2.75) is 40.3 Å². The van der Waals surface area contributed by atoms with Gasteiger partial charge in [-0.25, -0.2) is 4.79 Å². The Morgan fingerprint density at radius 1 is 1.23 bits per heavy atom. The van der Waals surface area contributed by atoms with Crippen LogP contribution in [0.3, 0.4) is 0 Å². The molecule has 0 radical (unpaired) electrons. The van der Waals surface area contributed by atoms with Crippen LogP contribution in [0.2, 0.25) is 0 Å². The van der Waals surface area contributed by atoms with Gasteiger partial charge in [0.2, 0.25) is 11.8 Å². The Morgan fingerprint density at radius 3 is 1.82 bits per heavy atom. The van der Waals surface area contributed by atoms with E-state index in [1.54, 1.807) is 12.2 Å². The molecule has 2 N–H and O–H groups in total. The molecule has 0 spiro atoms. The van der Waals surface area contributed by atoms with Crippen molar-refractivity contribution in [3.8, 4) is 0 Å². The van der Waals surface area contributed by atoms with E-state index in [1.807, 2.05) is 6.92 Å². The maximum absolute atomic E-state index is 11.2. The highest BCUT2D eigenvalue weighted by Crippen LogP contribution is 2.11. The first-order chi connectivity index (χ1) is 9.97. The van der Waals surface area contributed by atoms with Crippen molar-refractivity contribution in [3.05, 3.63) is 0 Å². The maximum Gasteiger partial charge on any atom is 0.405 e.